The van der Waals surface area contributed by atoms with Gasteiger partial charge < -0.3 is 9.73 Å². The lowest BCUT2D eigenvalue weighted by atomic mass is 10.1. The Hall–Kier alpha value is -1.55. The zero-order valence-electron chi connectivity index (χ0n) is 11.3. The Bertz CT molecular complexity index is 581. The molecule has 0 unspecified atom stereocenters. The van der Waals surface area contributed by atoms with Gasteiger partial charge in [0.25, 0.3) is 5.91 Å². The van der Waals surface area contributed by atoms with E-state index in [9.17, 15) is 4.79 Å². The van der Waals surface area contributed by atoms with Gasteiger partial charge in [-0.1, -0.05) is 31.8 Å². The van der Waals surface area contributed by atoms with E-state index in [1.807, 2.05) is 19.1 Å². The number of carbonyl (C=O) groups excluding carboxylic acids is 1. The predicted molar refractivity (Wildman–Crippen MR) is 77.2 cm³/mol. The first-order valence-corrected chi connectivity index (χ1v) is 9.74. The minimum Gasteiger partial charge on any atom is -0.464 e. The second kappa shape index (κ2) is 4.61. The summed E-state index contributed by atoms with van der Waals surface area (Å²) >= 11 is 0. The molecule has 1 aromatic carbocycles. The molecule has 1 aromatic heterocycles. The number of benzene rings is 1. The lowest BCUT2D eigenvalue weighted by Crippen LogP contribution is -2.43. The zero-order valence-corrected chi connectivity index (χ0v) is 12.3. The molecular weight excluding hydrogens is 242 g/mol. The van der Waals surface area contributed by atoms with Crippen LogP contribution >= 0.6 is 0 Å². The second-order valence-corrected chi connectivity index (χ2v) is 10.5. The monoisotopic (exact) mass is 261 g/mol. The third-order valence-electron chi connectivity index (χ3n) is 2.99. The van der Waals surface area contributed by atoms with Crippen LogP contribution in [0.3, 0.4) is 0 Å². The lowest BCUT2D eigenvalue weighted by Gasteiger charge is -2.20. The highest BCUT2D eigenvalue weighted by Gasteiger charge is 2.26. The molecule has 0 aliphatic heterocycles. The Morgan fingerprint density at radius 3 is 2.61 bits per heavy atom. The molecule has 0 fully saturated rings. The molecule has 0 aliphatic rings. The highest BCUT2D eigenvalue weighted by Crippen LogP contribution is 2.21. The Kier molecular flexibility index (Phi) is 3.30. The normalized spacial score (nSPS) is 11.8. The minimum atomic E-state index is -1.58. The molecule has 0 aliphatic carbocycles. The third kappa shape index (κ3) is 2.20. The number of hydrogen-bond donors (Lipinski definition) is 1. The van der Waals surface area contributed by atoms with Gasteiger partial charge in [0.15, 0.2) is 0 Å². The van der Waals surface area contributed by atoms with Crippen molar-refractivity contribution in [3.63, 3.8) is 0 Å². The molecule has 1 N–H and O–H groups in total. The summed E-state index contributed by atoms with van der Waals surface area (Å²) < 4.78 is 5.51. The molecule has 0 spiro atoms. The van der Waals surface area contributed by atoms with E-state index >= 15 is 0 Å². The van der Waals surface area contributed by atoms with E-state index in [0.29, 0.717) is 12.1 Å². The van der Waals surface area contributed by atoms with Gasteiger partial charge in [0.1, 0.15) is 5.58 Å². The lowest BCUT2D eigenvalue weighted by molar-refractivity contribution is 0.0957. The maximum absolute atomic E-state index is 12.3. The largest absolute Gasteiger partial charge is 0.464 e. The number of amides is 1. The van der Waals surface area contributed by atoms with Crippen molar-refractivity contribution < 1.29 is 9.21 Å². The van der Waals surface area contributed by atoms with Crippen molar-refractivity contribution in [2.75, 3.05) is 6.54 Å². The molecule has 18 heavy (non-hydrogen) atoms. The summed E-state index contributed by atoms with van der Waals surface area (Å²) in [6.07, 6.45) is 1.64. The number of nitrogens with one attached hydrogen (secondary N) is 1. The van der Waals surface area contributed by atoms with E-state index in [0.717, 1.165) is 16.1 Å². The van der Waals surface area contributed by atoms with E-state index in [1.165, 1.54) is 0 Å². The van der Waals surface area contributed by atoms with Crippen molar-refractivity contribution in [3.05, 3.63) is 30.0 Å². The standard InChI is InChI=1S/C14H19NO2Si/c1-5-15-14(16)12-11(18(2,3)4)7-6-10-8-9-17-13(10)12/h6-9H,5H2,1-4H3,(H,15,16). The number of furan rings is 1. The SMILES string of the molecule is CCNC(=O)c1c([Si](C)(C)C)ccc2ccoc12. The Morgan fingerprint density at radius 2 is 2.00 bits per heavy atom. The summed E-state index contributed by atoms with van der Waals surface area (Å²) in [5.41, 5.74) is 1.43. The number of carbonyl (C=O) groups is 1. The van der Waals surface area contributed by atoms with Gasteiger partial charge in [0.05, 0.1) is 19.9 Å². The van der Waals surface area contributed by atoms with Crippen molar-refractivity contribution in [2.45, 2.75) is 26.6 Å². The fraction of sp³-hybridized carbons (Fsp3) is 0.357. The fourth-order valence-corrected chi connectivity index (χ4v) is 3.69. The molecule has 0 radical (unpaired) electrons. The van der Waals surface area contributed by atoms with Crippen LogP contribution in [0.5, 0.6) is 0 Å². The summed E-state index contributed by atoms with van der Waals surface area (Å²) in [6, 6.07) is 6.01. The smallest absolute Gasteiger partial charge is 0.254 e. The number of hydrogen-bond acceptors (Lipinski definition) is 2. The topological polar surface area (TPSA) is 42.2 Å². The van der Waals surface area contributed by atoms with Crippen LogP contribution in [0.2, 0.25) is 19.6 Å². The van der Waals surface area contributed by atoms with Crippen molar-refractivity contribution in [3.8, 4) is 0 Å². The van der Waals surface area contributed by atoms with Crippen LogP contribution in [0, 0.1) is 0 Å². The summed E-state index contributed by atoms with van der Waals surface area (Å²) in [6.45, 7) is 9.26. The van der Waals surface area contributed by atoms with Crippen LogP contribution in [0.15, 0.2) is 28.9 Å². The first-order chi connectivity index (χ1) is 8.45. The quantitative estimate of drug-likeness (QED) is 0.863. The van der Waals surface area contributed by atoms with Crippen molar-refractivity contribution >= 4 is 30.1 Å². The molecule has 96 valence electrons. The fourth-order valence-electron chi connectivity index (χ4n) is 2.13. The summed E-state index contributed by atoms with van der Waals surface area (Å²) in [7, 11) is -1.58. The summed E-state index contributed by atoms with van der Waals surface area (Å²) in [5, 5.41) is 5.01. The highest BCUT2D eigenvalue weighted by molar-refractivity contribution is 6.89. The third-order valence-corrected chi connectivity index (χ3v) is 5.03. The molecular formula is C14H19NO2Si. The van der Waals surface area contributed by atoms with Crippen molar-refractivity contribution in [1.29, 1.82) is 0 Å². The van der Waals surface area contributed by atoms with Crippen molar-refractivity contribution in [1.82, 2.24) is 5.32 Å². The van der Waals surface area contributed by atoms with Crippen LogP contribution in [-0.4, -0.2) is 20.5 Å². The minimum absolute atomic E-state index is 0.0320. The first kappa shape index (κ1) is 12.9. The van der Waals surface area contributed by atoms with E-state index < -0.39 is 8.07 Å². The molecule has 0 saturated carbocycles. The van der Waals surface area contributed by atoms with Crippen LogP contribution in [0.4, 0.5) is 0 Å². The maximum Gasteiger partial charge on any atom is 0.254 e. The average Bonchev–Trinajstić information content (AvgIpc) is 2.74. The van der Waals surface area contributed by atoms with Crippen LogP contribution in [-0.2, 0) is 0 Å². The van der Waals surface area contributed by atoms with Gasteiger partial charge in [-0.25, -0.2) is 0 Å². The number of rotatable bonds is 3. The Balaban J connectivity index is 2.70. The van der Waals surface area contributed by atoms with E-state index in [2.05, 4.69) is 31.0 Å². The Morgan fingerprint density at radius 1 is 1.28 bits per heavy atom. The van der Waals surface area contributed by atoms with Gasteiger partial charge >= 0.3 is 0 Å². The van der Waals surface area contributed by atoms with Gasteiger partial charge in [-0.15, -0.1) is 0 Å². The number of fused-ring (bicyclic) bond motifs is 1. The zero-order chi connectivity index (χ0) is 13.3. The highest BCUT2D eigenvalue weighted by atomic mass is 28.3. The molecule has 3 nitrogen and oxygen atoms in total. The van der Waals surface area contributed by atoms with Crippen LogP contribution in [0.1, 0.15) is 17.3 Å². The van der Waals surface area contributed by atoms with Crippen LogP contribution < -0.4 is 10.5 Å². The molecule has 0 saturated heterocycles. The molecule has 2 rings (SSSR count). The van der Waals surface area contributed by atoms with Gasteiger partial charge in [0.2, 0.25) is 0 Å². The van der Waals surface area contributed by atoms with Gasteiger partial charge in [-0.05, 0) is 18.2 Å². The van der Waals surface area contributed by atoms with Gasteiger partial charge in [0, 0.05) is 11.9 Å². The molecule has 1 heterocycles. The molecule has 0 bridgehead atoms. The maximum atomic E-state index is 12.3. The summed E-state index contributed by atoms with van der Waals surface area (Å²) in [4.78, 5) is 12.3. The van der Waals surface area contributed by atoms with Crippen LogP contribution in [0.25, 0.3) is 11.0 Å². The van der Waals surface area contributed by atoms with Gasteiger partial charge in [-0.2, -0.15) is 0 Å². The van der Waals surface area contributed by atoms with E-state index in [1.54, 1.807) is 6.26 Å². The summed E-state index contributed by atoms with van der Waals surface area (Å²) in [5.74, 6) is -0.0320. The predicted octanol–water partition coefficient (Wildman–Crippen LogP) is 2.73. The molecule has 4 heteroatoms. The van der Waals surface area contributed by atoms with Gasteiger partial charge in [-0.3, -0.25) is 4.79 Å². The molecule has 1 amide bonds. The first-order valence-electron chi connectivity index (χ1n) is 6.24. The Labute approximate surface area is 108 Å². The molecule has 2 aromatic rings. The van der Waals surface area contributed by atoms with E-state index in [4.69, 9.17) is 4.42 Å². The van der Waals surface area contributed by atoms with E-state index in [-0.39, 0.29) is 5.91 Å². The molecule has 0 atom stereocenters. The average molecular weight is 261 g/mol. The van der Waals surface area contributed by atoms with Crippen molar-refractivity contribution in [2.24, 2.45) is 0 Å². The second-order valence-electron chi connectivity index (χ2n) is 5.44.